The smallest absolute Gasteiger partial charge is 0.273 e. The van der Waals surface area contributed by atoms with E-state index in [1.54, 1.807) is 36.4 Å². The Hall–Kier alpha value is -3.52. The second-order valence-electron chi connectivity index (χ2n) is 6.19. The minimum Gasteiger partial charge on any atom is -0.496 e. The quantitative estimate of drug-likeness (QED) is 0.525. The van der Waals surface area contributed by atoms with E-state index >= 15 is 0 Å². The van der Waals surface area contributed by atoms with Crippen molar-refractivity contribution in [2.45, 2.75) is 13.8 Å². The van der Waals surface area contributed by atoms with Gasteiger partial charge in [-0.1, -0.05) is 23.7 Å². The Balaban J connectivity index is 1.76. The van der Waals surface area contributed by atoms with E-state index in [0.29, 0.717) is 22.1 Å². The Bertz CT molecular complexity index is 1040. The summed E-state index contributed by atoms with van der Waals surface area (Å²) in [7, 11) is 1.49. The molecule has 0 atom stereocenters. The van der Waals surface area contributed by atoms with Crippen molar-refractivity contribution < 1.29 is 14.3 Å². The normalized spacial score (nSPS) is 10.3. The van der Waals surface area contributed by atoms with Crippen LogP contribution in [0.5, 0.6) is 17.4 Å². The number of nitrogens with zero attached hydrogens (tertiary/aromatic N) is 2. The standard InChI is InChI=1S/C20H20ClN5O3/c1-11-8-13(9-12(2)16(11)21)29-20-17(22)18(23-10-24-20)25-26-19(27)14-6-4-5-7-15(14)28-3/h4-10H,22H2,1-3H3,(H,26,27)(H,23,24,25). The molecular weight excluding hydrogens is 394 g/mol. The number of carbonyl (C=O) groups excluding carboxylic acids is 1. The number of hydrogen-bond donors (Lipinski definition) is 3. The Morgan fingerprint density at radius 1 is 1.14 bits per heavy atom. The molecule has 150 valence electrons. The van der Waals surface area contributed by atoms with Crippen LogP contribution in [0.2, 0.25) is 5.02 Å². The number of hydrogen-bond acceptors (Lipinski definition) is 7. The van der Waals surface area contributed by atoms with Crippen LogP contribution in [0.3, 0.4) is 0 Å². The summed E-state index contributed by atoms with van der Waals surface area (Å²) in [6.07, 6.45) is 1.28. The van der Waals surface area contributed by atoms with Gasteiger partial charge in [0.25, 0.3) is 5.91 Å². The van der Waals surface area contributed by atoms with E-state index in [4.69, 9.17) is 26.8 Å². The first kappa shape index (κ1) is 20.2. The summed E-state index contributed by atoms with van der Waals surface area (Å²) >= 11 is 6.19. The first-order valence-electron chi connectivity index (χ1n) is 8.65. The SMILES string of the molecule is COc1ccccc1C(=O)NNc1ncnc(Oc2cc(C)c(Cl)c(C)c2)c1N. The lowest BCUT2D eigenvalue weighted by Gasteiger charge is -2.14. The molecule has 1 amide bonds. The molecule has 8 nitrogen and oxygen atoms in total. The van der Waals surface area contributed by atoms with Crippen molar-refractivity contribution >= 4 is 29.0 Å². The van der Waals surface area contributed by atoms with E-state index in [9.17, 15) is 4.79 Å². The van der Waals surface area contributed by atoms with Gasteiger partial charge in [0, 0.05) is 5.02 Å². The van der Waals surface area contributed by atoms with E-state index in [-0.39, 0.29) is 17.4 Å². The summed E-state index contributed by atoms with van der Waals surface area (Å²) in [6.45, 7) is 3.76. The maximum Gasteiger partial charge on any atom is 0.273 e. The molecular formula is C20H20ClN5O3. The lowest BCUT2D eigenvalue weighted by molar-refractivity contribution is 0.0959. The van der Waals surface area contributed by atoms with Crippen LogP contribution < -0.4 is 26.1 Å². The van der Waals surface area contributed by atoms with Gasteiger partial charge in [-0.05, 0) is 49.2 Å². The second kappa shape index (κ2) is 8.66. The Morgan fingerprint density at radius 2 is 1.83 bits per heavy atom. The Morgan fingerprint density at radius 3 is 2.52 bits per heavy atom. The zero-order valence-electron chi connectivity index (χ0n) is 16.1. The van der Waals surface area contributed by atoms with Crippen LogP contribution in [0, 0.1) is 13.8 Å². The predicted molar refractivity (Wildman–Crippen MR) is 112 cm³/mol. The maximum atomic E-state index is 12.4. The number of methoxy groups -OCH3 is 1. The van der Waals surface area contributed by atoms with Gasteiger partial charge >= 0.3 is 0 Å². The third kappa shape index (κ3) is 4.49. The summed E-state index contributed by atoms with van der Waals surface area (Å²) in [4.78, 5) is 20.5. The molecule has 4 N–H and O–H groups in total. The highest BCUT2D eigenvalue weighted by Crippen LogP contribution is 2.32. The molecule has 0 bridgehead atoms. The number of carbonyl (C=O) groups is 1. The zero-order valence-corrected chi connectivity index (χ0v) is 16.9. The van der Waals surface area contributed by atoms with Crippen LogP contribution in [0.15, 0.2) is 42.7 Å². The monoisotopic (exact) mass is 413 g/mol. The van der Waals surface area contributed by atoms with Gasteiger partial charge in [-0.25, -0.2) is 4.98 Å². The number of aromatic nitrogens is 2. The highest BCUT2D eigenvalue weighted by atomic mass is 35.5. The molecule has 29 heavy (non-hydrogen) atoms. The third-order valence-corrected chi connectivity index (χ3v) is 4.71. The molecule has 0 saturated heterocycles. The van der Waals surface area contributed by atoms with Crippen LogP contribution in [0.25, 0.3) is 0 Å². The van der Waals surface area contributed by atoms with Crippen molar-refractivity contribution in [2.75, 3.05) is 18.3 Å². The van der Waals surface area contributed by atoms with E-state index < -0.39 is 5.91 Å². The number of anilines is 2. The zero-order chi connectivity index (χ0) is 21.0. The summed E-state index contributed by atoms with van der Waals surface area (Å²) in [5.41, 5.74) is 13.6. The first-order chi connectivity index (χ1) is 13.9. The number of rotatable bonds is 6. The molecule has 0 aliphatic heterocycles. The van der Waals surface area contributed by atoms with Crippen molar-refractivity contribution in [1.82, 2.24) is 15.4 Å². The number of benzene rings is 2. The van der Waals surface area contributed by atoms with E-state index in [0.717, 1.165) is 11.1 Å². The van der Waals surface area contributed by atoms with Gasteiger partial charge in [-0.2, -0.15) is 4.98 Å². The number of para-hydroxylation sites is 1. The van der Waals surface area contributed by atoms with Crippen LogP contribution in [0.1, 0.15) is 21.5 Å². The average molecular weight is 414 g/mol. The molecule has 0 saturated carbocycles. The molecule has 0 aliphatic rings. The molecule has 1 heterocycles. The number of halogens is 1. The third-order valence-electron chi connectivity index (χ3n) is 4.12. The van der Waals surface area contributed by atoms with Crippen LogP contribution >= 0.6 is 11.6 Å². The number of nitrogens with one attached hydrogen (secondary N) is 2. The molecule has 9 heteroatoms. The molecule has 0 spiro atoms. The van der Waals surface area contributed by atoms with Gasteiger partial charge in [0.15, 0.2) is 5.82 Å². The van der Waals surface area contributed by atoms with Crippen molar-refractivity contribution in [3.63, 3.8) is 0 Å². The summed E-state index contributed by atoms with van der Waals surface area (Å²) in [6, 6.07) is 10.4. The van der Waals surface area contributed by atoms with Crippen molar-refractivity contribution in [1.29, 1.82) is 0 Å². The Labute approximate surface area is 173 Å². The number of hydrazine groups is 1. The fourth-order valence-electron chi connectivity index (χ4n) is 2.65. The fraction of sp³-hybridized carbons (Fsp3) is 0.150. The van der Waals surface area contributed by atoms with Crippen molar-refractivity contribution in [2.24, 2.45) is 0 Å². The highest BCUT2D eigenvalue weighted by molar-refractivity contribution is 6.32. The number of aryl methyl sites for hydroxylation is 2. The Kier molecular flexibility index (Phi) is 6.04. The number of amides is 1. The van der Waals surface area contributed by atoms with Gasteiger partial charge < -0.3 is 15.2 Å². The number of nitrogen functional groups attached to an aromatic ring is 1. The van der Waals surface area contributed by atoms with Crippen LogP contribution in [-0.2, 0) is 0 Å². The van der Waals surface area contributed by atoms with Gasteiger partial charge in [-0.3, -0.25) is 15.6 Å². The van der Waals surface area contributed by atoms with Gasteiger partial charge in [0.2, 0.25) is 5.88 Å². The molecule has 0 unspecified atom stereocenters. The predicted octanol–water partition coefficient (Wildman–Crippen LogP) is 3.89. The van der Waals surface area contributed by atoms with Crippen LogP contribution in [-0.4, -0.2) is 23.0 Å². The molecule has 3 rings (SSSR count). The van der Waals surface area contributed by atoms with Gasteiger partial charge in [0.1, 0.15) is 23.5 Å². The second-order valence-corrected chi connectivity index (χ2v) is 6.57. The molecule has 0 aliphatic carbocycles. The first-order valence-corrected chi connectivity index (χ1v) is 9.03. The number of nitrogens with two attached hydrogens (primary N) is 1. The molecule has 3 aromatic rings. The summed E-state index contributed by atoms with van der Waals surface area (Å²) in [5, 5.41) is 0.675. The van der Waals surface area contributed by atoms with Crippen molar-refractivity contribution in [3.05, 3.63) is 64.4 Å². The minimum absolute atomic E-state index is 0.137. The summed E-state index contributed by atoms with van der Waals surface area (Å²) < 4.78 is 11.0. The molecule has 2 aromatic carbocycles. The molecule has 1 aromatic heterocycles. The van der Waals surface area contributed by atoms with E-state index in [2.05, 4.69) is 20.8 Å². The topological polar surface area (TPSA) is 111 Å². The van der Waals surface area contributed by atoms with E-state index in [1.165, 1.54) is 13.4 Å². The minimum atomic E-state index is -0.410. The largest absolute Gasteiger partial charge is 0.496 e. The molecule has 0 radical (unpaired) electrons. The average Bonchev–Trinajstić information content (AvgIpc) is 2.72. The fourth-order valence-corrected chi connectivity index (χ4v) is 2.76. The number of ether oxygens (including phenoxy) is 2. The van der Waals surface area contributed by atoms with Crippen molar-refractivity contribution in [3.8, 4) is 17.4 Å². The summed E-state index contributed by atoms with van der Waals surface area (Å²) in [5.74, 6) is 0.918. The van der Waals surface area contributed by atoms with E-state index in [1.807, 2.05) is 13.8 Å². The molecule has 0 fully saturated rings. The lowest BCUT2D eigenvalue weighted by Crippen LogP contribution is -2.30. The van der Waals surface area contributed by atoms with Crippen LogP contribution in [0.4, 0.5) is 11.5 Å². The maximum absolute atomic E-state index is 12.4. The van der Waals surface area contributed by atoms with Gasteiger partial charge in [0.05, 0.1) is 12.7 Å². The van der Waals surface area contributed by atoms with Gasteiger partial charge in [-0.15, -0.1) is 0 Å². The lowest BCUT2D eigenvalue weighted by atomic mass is 10.1. The highest BCUT2D eigenvalue weighted by Gasteiger charge is 2.15.